The van der Waals surface area contributed by atoms with E-state index in [9.17, 15) is 0 Å². The summed E-state index contributed by atoms with van der Waals surface area (Å²) in [5.74, 6) is 0. The lowest BCUT2D eigenvalue weighted by atomic mass is 10.1. The molecule has 52 valence electrons. The average Bonchev–Trinajstić information content (AvgIpc) is 2.04. The van der Waals surface area contributed by atoms with Gasteiger partial charge in [-0.15, -0.1) is 0 Å². The van der Waals surface area contributed by atoms with E-state index in [-0.39, 0.29) is 0 Å². The summed E-state index contributed by atoms with van der Waals surface area (Å²) in [5.41, 5.74) is 1.64. The molecule has 0 heterocycles. The SMILES string of the molecule is Br/N=C1\C=CC=C\C1=N/Br. The Balaban J connectivity index is 2.96. The molecular weight excluding hydrogens is 260 g/mol. The standard InChI is InChI=1S/C6H4Br2N2/c7-9-5-3-1-2-4-6(5)10-8/h1-4H/b9-5+,10-6+. The van der Waals surface area contributed by atoms with E-state index < -0.39 is 0 Å². The average molecular weight is 264 g/mol. The minimum atomic E-state index is 0.819. The quantitative estimate of drug-likeness (QED) is 0.601. The van der Waals surface area contributed by atoms with Crippen LogP contribution in [0.3, 0.4) is 0 Å². The highest BCUT2D eigenvalue weighted by molar-refractivity contribution is 9.08. The molecule has 0 unspecified atom stereocenters. The zero-order valence-corrected chi connectivity index (χ0v) is 8.13. The second-order valence-corrected chi connectivity index (χ2v) is 2.37. The van der Waals surface area contributed by atoms with Crippen LogP contribution in [0.4, 0.5) is 0 Å². The molecule has 0 atom stereocenters. The first-order valence-corrected chi connectivity index (χ1v) is 4.03. The predicted molar refractivity (Wildman–Crippen MR) is 51.0 cm³/mol. The predicted octanol–water partition coefficient (Wildman–Crippen LogP) is 2.61. The Morgan fingerprint density at radius 3 is 1.60 bits per heavy atom. The summed E-state index contributed by atoms with van der Waals surface area (Å²) in [6.45, 7) is 0. The maximum atomic E-state index is 3.83. The molecule has 0 saturated carbocycles. The molecule has 0 aromatic heterocycles. The van der Waals surface area contributed by atoms with Crippen molar-refractivity contribution < 1.29 is 0 Å². The Labute approximate surface area is 76.1 Å². The fourth-order valence-corrected chi connectivity index (χ4v) is 1.21. The van der Waals surface area contributed by atoms with Crippen LogP contribution in [0.25, 0.3) is 0 Å². The Morgan fingerprint density at radius 2 is 1.30 bits per heavy atom. The first-order valence-electron chi connectivity index (χ1n) is 2.61. The van der Waals surface area contributed by atoms with Gasteiger partial charge in [0.15, 0.2) is 0 Å². The lowest BCUT2D eigenvalue weighted by molar-refractivity contribution is 1.84. The molecule has 0 aromatic carbocycles. The lowest BCUT2D eigenvalue weighted by Crippen LogP contribution is -2.08. The minimum Gasteiger partial charge on any atom is -0.205 e. The molecule has 0 spiro atoms. The van der Waals surface area contributed by atoms with Crippen LogP contribution < -0.4 is 0 Å². The van der Waals surface area contributed by atoms with Crippen LogP contribution in [-0.2, 0) is 0 Å². The van der Waals surface area contributed by atoms with Gasteiger partial charge in [-0.05, 0) is 12.2 Å². The van der Waals surface area contributed by atoms with Gasteiger partial charge in [-0.1, -0.05) is 12.2 Å². The van der Waals surface area contributed by atoms with Gasteiger partial charge in [-0.25, -0.2) is 8.04 Å². The molecule has 1 aliphatic carbocycles. The third kappa shape index (κ3) is 1.64. The van der Waals surface area contributed by atoms with E-state index in [0.717, 1.165) is 11.4 Å². The molecule has 0 radical (unpaired) electrons. The van der Waals surface area contributed by atoms with Crippen molar-refractivity contribution in [2.75, 3.05) is 0 Å². The van der Waals surface area contributed by atoms with Crippen molar-refractivity contribution in [3.63, 3.8) is 0 Å². The monoisotopic (exact) mass is 262 g/mol. The summed E-state index contributed by atoms with van der Waals surface area (Å²) < 4.78 is 7.66. The number of hydrogen-bond acceptors (Lipinski definition) is 2. The lowest BCUT2D eigenvalue weighted by Gasteiger charge is -1.99. The van der Waals surface area contributed by atoms with Crippen molar-refractivity contribution in [2.45, 2.75) is 0 Å². The number of allylic oxidation sites excluding steroid dienone is 4. The smallest absolute Gasteiger partial charge is 0.0976 e. The highest BCUT2D eigenvalue weighted by Gasteiger charge is 2.02. The molecule has 1 aliphatic rings. The van der Waals surface area contributed by atoms with E-state index >= 15 is 0 Å². The summed E-state index contributed by atoms with van der Waals surface area (Å²) in [5, 5.41) is 0. The van der Waals surface area contributed by atoms with Gasteiger partial charge in [0.1, 0.15) is 0 Å². The van der Waals surface area contributed by atoms with Crippen molar-refractivity contribution in [2.24, 2.45) is 8.04 Å². The van der Waals surface area contributed by atoms with E-state index in [1.165, 1.54) is 0 Å². The number of nitrogens with zero attached hydrogens (tertiary/aromatic N) is 2. The highest BCUT2D eigenvalue weighted by Crippen LogP contribution is 2.02. The Bertz CT molecular complexity index is 212. The van der Waals surface area contributed by atoms with Gasteiger partial charge in [0.05, 0.1) is 43.7 Å². The third-order valence-electron chi connectivity index (χ3n) is 1.06. The van der Waals surface area contributed by atoms with Crippen molar-refractivity contribution in [3.05, 3.63) is 24.3 Å². The van der Waals surface area contributed by atoms with Crippen LogP contribution in [-0.4, -0.2) is 11.4 Å². The van der Waals surface area contributed by atoms with E-state index in [1.807, 2.05) is 24.3 Å². The zero-order valence-electron chi connectivity index (χ0n) is 4.96. The van der Waals surface area contributed by atoms with E-state index in [0.29, 0.717) is 0 Å². The van der Waals surface area contributed by atoms with Crippen molar-refractivity contribution in [1.82, 2.24) is 0 Å². The second-order valence-electron chi connectivity index (χ2n) is 1.66. The Hall–Kier alpha value is -0.220. The summed E-state index contributed by atoms with van der Waals surface area (Å²) in [6.07, 6.45) is 7.55. The molecule has 0 aromatic rings. The number of halogens is 2. The third-order valence-corrected chi connectivity index (χ3v) is 1.83. The maximum Gasteiger partial charge on any atom is 0.0976 e. The summed E-state index contributed by atoms with van der Waals surface area (Å²) in [4.78, 5) is 0. The first-order chi connectivity index (χ1) is 4.88. The van der Waals surface area contributed by atoms with Crippen LogP contribution in [0, 0.1) is 0 Å². The fraction of sp³-hybridized carbons (Fsp3) is 0. The summed E-state index contributed by atoms with van der Waals surface area (Å²) in [6, 6.07) is 0. The van der Waals surface area contributed by atoms with Crippen LogP contribution in [0.2, 0.25) is 0 Å². The van der Waals surface area contributed by atoms with Gasteiger partial charge in [-0.3, -0.25) is 0 Å². The molecular formula is C6H4Br2N2. The number of rotatable bonds is 0. The van der Waals surface area contributed by atoms with Gasteiger partial charge in [0.2, 0.25) is 0 Å². The molecule has 0 saturated heterocycles. The van der Waals surface area contributed by atoms with Crippen molar-refractivity contribution in [1.29, 1.82) is 0 Å². The molecule has 2 nitrogen and oxygen atoms in total. The first kappa shape index (κ1) is 7.88. The Morgan fingerprint density at radius 1 is 0.900 bits per heavy atom. The molecule has 0 aliphatic heterocycles. The van der Waals surface area contributed by atoms with Crippen LogP contribution in [0.5, 0.6) is 0 Å². The van der Waals surface area contributed by atoms with Gasteiger partial charge in [-0.2, -0.15) is 0 Å². The summed E-state index contributed by atoms with van der Waals surface area (Å²) >= 11 is 5.99. The molecule has 4 heteroatoms. The second kappa shape index (κ2) is 3.83. The molecule has 1 rings (SSSR count). The van der Waals surface area contributed by atoms with Crippen LogP contribution in [0.15, 0.2) is 32.3 Å². The normalized spacial score (nSPS) is 24.6. The topological polar surface area (TPSA) is 24.7 Å². The van der Waals surface area contributed by atoms with E-state index in [1.54, 1.807) is 0 Å². The minimum absolute atomic E-state index is 0.819. The van der Waals surface area contributed by atoms with Gasteiger partial charge in [0.25, 0.3) is 0 Å². The van der Waals surface area contributed by atoms with E-state index in [2.05, 4.69) is 40.3 Å². The van der Waals surface area contributed by atoms with Gasteiger partial charge >= 0.3 is 0 Å². The van der Waals surface area contributed by atoms with Crippen LogP contribution >= 0.6 is 32.3 Å². The molecule has 0 fully saturated rings. The van der Waals surface area contributed by atoms with Gasteiger partial charge < -0.3 is 0 Å². The van der Waals surface area contributed by atoms with Crippen molar-refractivity contribution >= 4 is 43.7 Å². The fourth-order valence-electron chi connectivity index (χ4n) is 0.607. The molecule has 0 amide bonds. The molecule has 0 N–H and O–H groups in total. The maximum absolute atomic E-state index is 3.83. The Kier molecular flexibility index (Phi) is 3.02. The van der Waals surface area contributed by atoms with Crippen molar-refractivity contribution in [3.8, 4) is 0 Å². The number of hydrogen-bond donors (Lipinski definition) is 0. The molecule has 0 bridgehead atoms. The summed E-state index contributed by atoms with van der Waals surface area (Å²) in [7, 11) is 0. The zero-order chi connectivity index (χ0) is 7.40. The largest absolute Gasteiger partial charge is 0.205 e. The molecule has 10 heavy (non-hydrogen) atoms. The highest BCUT2D eigenvalue weighted by atomic mass is 79.9. The van der Waals surface area contributed by atoms with Crippen LogP contribution in [0.1, 0.15) is 0 Å². The van der Waals surface area contributed by atoms with Gasteiger partial charge in [0, 0.05) is 0 Å². The van der Waals surface area contributed by atoms with E-state index in [4.69, 9.17) is 0 Å².